The third-order valence-corrected chi connectivity index (χ3v) is 5.60. The summed E-state index contributed by atoms with van der Waals surface area (Å²) in [5.74, 6) is -0.885. The number of rotatable bonds is 6. The molecular weight excluding hydrogens is 366 g/mol. The average Bonchev–Trinajstić information content (AvgIpc) is 3.13. The number of carbonyl (C=O) groups excluding carboxylic acids is 3. The van der Waals surface area contributed by atoms with Gasteiger partial charge in [0, 0.05) is 7.05 Å². The van der Waals surface area contributed by atoms with E-state index in [1.54, 1.807) is 20.0 Å². The lowest BCUT2D eigenvalue weighted by atomic mass is 10.00. The van der Waals surface area contributed by atoms with E-state index in [1.165, 1.54) is 11.8 Å². The zero-order valence-electron chi connectivity index (χ0n) is 15.4. The predicted molar refractivity (Wildman–Crippen MR) is 102 cm³/mol. The number of amides is 4. The van der Waals surface area contributed by atoms with Crippen LogP contribution in [-0.4, -0.2) is 43.7 Å². The molecule has 0 radical (unpaired) electrons. The number of hydrazine groups is 1. The summed E-state index contributed by atoms with van der Waals surface area (Å²) in [5, 5.41) is 4.01. The van der Waals surface area contributed by atoms with E-state index >= 15 is 0 Å². The Kier molecular flexibility index (Phi) is 5.22. The number of carbonyl (C=O) groups is 3. The van der Waals surface area contributed by atoms with Gasteiger partial charge in [-0.1, -0.05) is 49.0 Å². The minimum Gasteiger partial charge on any atom is -0.322 e. The maximum Gasteiger partial charge on any atom is 0.344 e. The molecule has 27 heavy (non-hydrogen) atoms. The van der Waals surface area contributed by atoms with Crippen molar-refractivity contribution in [3.63, 3.8) is 0 Å². The monoisotopic (exact) mass is 387 g/mol. The topological polar surface area (TPSA) is 96.3 Å². The molecule has 1 aromatic heterocycles. The number of nitrogens with zero attached hydrogens (tertiary/aromatic N) is 3. The maximum absolute atomic E-state index is 12.3. The summed E-state index contributed by atoms with van der Waals surface area (Å²) in [4.78, 5) is 40.8. The summed E-state index contributed by atoms with van der Waals surface area (Å²) in [6, 6.07) is 9.20. The van der Waals surface area contributed by atoms with Crippen LogP contribution < -0.4 is 10.7 Å². The van der Waals surface area contributed by atoms with Crippen molar-refractivity contribution >= 4 is 29.6 Å². The minimum atomic E-state index is -0.984. The molecule has 0 aliphatic carbocycles. The van der Waals surface area contributed by atoms with Crippen LogP contribution >= 0.6 is 11.8 Å². The Bertz CT molecular complexity index is 882. The Labute approximate surface area is 161 Å². The van der Waals surface area contributed by atoms with Gasteiger partial charge in [-0.15, -0.1) is 0 Å². The Hall–Kier alpha value is -2.81. The van der Waals surface area contributed by atoms with Gasteiger partial charge in [-0.3, -0.25) is 15.0 Å². The Morgan fingerprint density at radius 3 is 2.63 bits per heavy atom. The molecule has 3 rings (SSSR count). The normalized spacial score (nSPS) is 19.3. The fourth-order valence-electron chi connectivity index (χ4n) is 2.72. The summed E-state index contributed by atoms with van der Waals surface area (Å²) in [7, 11) is 1.87. The van der Waals surface area contributed by atoms with Crippen LogP contribution in [-0.2, 0) is 16.6 Å². The summed E-state index contributed by atoms with van der Waals surface area (Å²) >= 11 is 1.23. The van der Waals surface area contributed by atoms with Gasteiger partial charge < -0.3 is 9.88 Å². The van der Waals surface area contributed by atoms with Crippen LogP contribution in [0.1, 0.15) is 20.3 Å². The van der Waals surface area contributed by atoms with Crippen molar-refractivity contribution in [2.75, 3.05) is 5.75 Å². The van der Waals surface area contributed by atoms with E-state index in [0.29, 0.717) is 11.6 Å². The molecule has 0 spiro atoms. The van der Waals surface area contributed by atoms with Crippen molar-refractivity contribution in [2.24, 2.45) is 7.05 Å². The molecule has 1 fully saturated rings. The number of urea groups is 1. The van der Waals surface area contributed by atoms with Crippen LogP contribution in [0.15, 0.2) is 41.7 Å². The van der Waals surface area contributed by atoms with Gasteiger partial charge >= 0.3 is 6.03 Å². The highest BCUT2D eigenvalue weighted by Crippen LogP contribution is 2.25. The molecule has 9 heteroatoms. The largest absolute Gasteiger partial charge is 0.344 e. The second-order valence-electron chi connectivity index (χ2n) is 6.43. The zero-order chi connectivity index (χ0) is 19.6. The lowest BCUT2D eigenvalue weighted by molar-refractivity contribution is -0.137. The number of benzene rings is 1. The molecule has 4 amide bonds. The highest BCUT2D eigenvalue weighted by Gasteiger charge is 2.47. The fraction of sp³-hybridized carbons (Fsp3) is 0.333. The SMILES string of the molecule is CCC1(C)NC(=O)N(NC(=O)CSc2ncc(-c3ccccc3)n2C)C1=O. The van der Waals surface area contributed by atoms with Gasteiger partial charge in [0.15, 0.2) is 5.16 Å². The number of thioether (sulfide) groups is 1. The van der Waals surface area contributed by atoms with Crippen LogP contribution in [0.5, 0.6) is 0 Å². The van der Waals surface area contributed by atoms with Gasteiger partial charge in [0.05, 0.1) is 17.6 Å². The van der Waals surface area contributed by atoms with Crippen molar-refractivity contribution in [3.05, 3.63) is 36.5 Å². The van der Waals surface area contributed by atoms with Crippen molar-refractivity contribution in [2.45, 2.75) is 31.0 Å². The molecule has 1 aliphatic heterocycles. The molecular formula is C18H21N5O3S. The Morgan fingerprint density at radius 2 is 2.00 bits per heavy atom. The summed E-state index contributed by atoms with van der Waals surface area (Å²) < 4.78 is 1.90. The molecule has 1 aliphatic rings. The van der Waals surface area contributed by atoms with E-state index in [4.69, 9.17) is 0 Å². The van der Waals surface area contributed by atoms with Gasteiger partial charge in [0.2, 0.25) is 5.91 Å². The van der Waals surface area contributed by atoms with Crippen molar-refractivity contribution < 1.29 is 14.4 Å². The van der Waals surface area contributed by atoms with Gasteiger partial charge in [0.25, 0.3) is 5.91 Å². The molecule has 142 valence electrons. The van der Waals surface area contributed by atoms with Gasteiger partial charge in [0.1, 0.15) is 5.54 Å². The van der Waals surface area contributed by atoms with Crippen LogP contribution in [0.2, 0.25) is 0 Å². The van der Waals surface area contributed by atoms with Gasteiger partial charge in [-0.2, -0.15) is 5.01 Å². The lowest BCUT2D eigenvalue weighted by Crippen LogP contribution is -2.49. The molecule has 2 heterocycles. The summed E-state index contributed by atoms with van der Waals surface area (Å²) in [6.07, 6.45) is 2.19. The van der Waals surface area contributed by atoms with Crippen LogP contribution in [0.25, 0.3) is 11.3 Å². The van der Waals surface area contributed by atoms with Crippen molar-refractivity contribution in [1.29, 1.82) is 0 Å². The quantitative estimate of drug-likeness (QED) is 0.583. The summed E-state index contributed by atoms with van der Waals surface area (Å²) in [5.41, 5.74) is 3.35. The maximum atomic E-state index is 12.3. The second-order valence-corrected chi connectivity index (χ2v) is 7.37. The molecule has 0 bridgehead atoms. The smallest absolute Gasteiger partial charge is 0.322 e. The Morgan fingerprint density at radius 1 is 1.30 bits per heavy atom. The number of nitrogens with one attached hydrogen (secondary N) is 2. The average molecular weight is 387 g/mol. The van der Waals surface area contributed by atoms with Crippen LogP contribution in [0.3, 0.4) is 0 Å². The zero-order valence-corrected chi connectivity index (χ0v) is 16.2. The predicted octanol–water partition coefficient (Wildman–Crippen LogP) is 1.93. The van der Waals surface area contributed by atoms with E-state index in [-0.39, 0.29) is 5.75 Å². The molecule has 2 N–H and O–H groups in total. The highest BCUT2D eigenvalue weighted by molar-refractivity contribution is 7.99. The van der Waals surface area contributed by atoms with E-state index in [9.17, 15) is 14.4 Å². The van der Waals surface area contributed by atoms with E-state index in [0.717, 1.165) is 16.3 Å². The first kappa shape index (κ1) is 19.0. The number of hydrogen-bond acceptors (Lipinski definition) is 5. The molecule has 1 unspecified atom stereocenters. The fourth-order valence-corrected chi connectivity index (χ4v) is 3.46. The third-order valence-electron chi connectivity index (χ3n) is 4.55. The minimum absolute atomic E-state index is 0.0268. The molecule has 8 nitrogen and oxygen atoms in total. The van der Waals surface area contributed by atoms with Crippen molar-refractivity contribution in [1.82, 2.24) is 25.3 Å². The van der Waals surface area contributed by atoms with E-state index in [1.807, 2.05) is 41.9 Å². The number of imidazole rings is 1. The van der Waals surface area contributed by atoms with Crippen LogP contribution in [0, 0.1) is 0 Å². The first-order valence-electron chi connectivity index (χ1n) is 8.52. The van der Waals surface area contributed by atoms with Gasteiger partial charge in [-0.25, -0.2) is 9.78 Å². The molecule has 1 saturated heterocycles. The number of imide groups is 1. The van der Waals surface area contributed by atoms with E-state index in [2.05, 4.69) is 15.7 Å². The summed E-state index contributed by atoms with van der Waals surface area (Å²) in [6.45, 7) is 3.43. The Balaban J connectivity index is 1.61. The second kappa shape index (κ2) is 7.43. The first-order chi connectivity index (χ1) is 12.9. The van der Waals surface area contributed by atoms with E-state index < -0.39 is 23.4 Å². The molecule has 1 aromatic carbocycles. The van der Waals surface area contributed by atoms with Gasteiger partial charge in [-0.05, 0) is 18.9 Å². The lowest BCUT2D eigenvalue weighted by Gasteiger charge is -2.19. The first-order valence-corrected chi connectivity index (χ1v) is 9.50. The molecule has 0 saturated carbocycles. The number of aromatic nitrogens is 2. The standard InChI is InChI=1S/C18H21N5O3S/c1-4-18(2)15(25)23(16(26)20-18)21-14(24)11-27-17-19-10-13(22(17)3)12-8-6-5-7-9-12/h5-10H,4,11H2,1-3H3,(H,20,26)(H,21,24). The molecule has 2 aromatic rings. The van der Waals surface area contributed by atoms with Crippen LogP contribution in [0.4, 0.5) is 4.79 Å². The third kappa shape index (κ3) is 3.68. The molecule has 1 atom stereocenters. The van der Waals surface area contributed by atoms with Crippen molar-refractivity contribution in [3.8, 4) is 11.3 Å². The highest BCUT2D eigenvalue weighted by atomic mass is 32.2. The number of hydrogen-bond donors (Lipinski definition) is 2.